The number of anilines is 1. The van der Waals surface area contributed by atoms with Gasteiger partial charge >= 0.3 is 0 Å². The van der Waals surface area contributed by atoms with Crippen LogP contribution in [0.3, 0.4) is 0 Å². The molecule has 0 saturated carbocycles. The molecule has 1 aromatic rings. The van der Waals surface area contributed by atoms with Gasteiger partial charge in [0.25, 0.3) is 5.91 Å². The molecule has 1 aliphatic heterocycles. The van der Waals surface area contributed by atoms with Crippen molar-refractivity contribution in [1.29, 1.82) is 0 Å². The van der Waals surface area contributed by atoms with Crippen LogP contribution in [-0.2, 0) is 4.74 Å². The lowest BCUT2D eigenvalue weighted by Gasteiger charge is -2.19. The smallest absolute Gasteiger partial charge is 0.253 e. The number of amides is 1. The molecule has 1 fully saturated rings. The van der Waals surface area contributed by atoms with Gasteiger partial charge in [-0.2, -0.15) is 0 Å². The monoisotopic (exact) mass is 250 g/mol. The number of carbonyl (C=O) groups excluding carboxylic acids is 1. The molecular weight excluding hydrogens is 232 g/mol. The predicted molar refractivity (Wildman–Crippen MR) is 68.4 cm³/mol. The Kier molecular flexibility index (Phi) is 3.72. The molecular formula is C13H18N2O3. The molecule has 1 aliphatic rings. The molecule has 2 unspecified atom stereocenters. The summed E-state index contributed by atoms with van der Waals surface area (Å²) in [5.41, 5.74) is 6.39. The normalized spacial score (nSPS) is 20.6. The Morgan fingerprint density at radius 2 is 2.39 bits per heavy atom. The lowest BCUT2D eigenvalue weighted by atomic mass is 10.00. The van der Waals surface area contributed by atoms with Crippen molar-refractivity contribution in [3.8, 4) is 5.75 Å². The zero-order chi connectivity index (χ0) is 13.1. The number of aromatic hydroxyl groups is 1. The van der Waals surface area contributed by atoms with Crippen molar-refractivity contribution in [2.75, 3.05) is 18.9 Å². The molecule has 1 heterocycles. The predicted octanol–water partition coefficient (Wildman–Crippen LogP) is 1.13. The highest BCUT2D eigenvalue weighted by Gasteiger charge is 2.24. The largest absolute Gasteiger partial charge is 0.508 e. The van der Waals surface area contributed by atoms with Crippen molar-refractivity contribution in [1.82, 2.24) is 5.32 Å². The number of rotatable bonds is 3. The van der Waals surface area contributed by atoms with Crippen LogP contribution in [0.25, 0.3) is 0 Å². The van der Waals surface area contributed by atoms with E-state index in [0.717, 1.165) is 13.0 Å². The molecule has 0 aromatic heterocycles. The lowest BCUT2D eigenvalue weighted by molar-refractivity contribution is 0.0922. The van der Waals surface area contributed by atoms with E-state index in [4.69, 9.17) is 10.5 Å². The molecule has 2 rings (SSSR count). The van der Waals surface area contributed by atoms with Crippen LogP contribution in [-0.4, -0.2) is 30.3 Å². The van der Waals surface area contributed by atoms with E-state index in [0.29, 0.717) is 23.8 Å². The quantitative estimate of drug-likeness (QED) is 0.554. The van der Waals surface area contributed by atoms with E-state index in [1.165, 1.54) is 18.2 Å². The van der Waals surface area contributed by atoms with Gasteiger partial charge in [-0.05, 0) is 31.5 Å². The van der Waals surface area contributed by atoms with E-state index >= 15 is 0 Å². The number of phenols is 1. The van der Waals surface area contributed by atoms with Crippen LogP contribution in [0.15, 0.2) is 18.2 Å². The second-order valence-corrected chi connectivity index (χ2v) is 4.66. The van der Waals surface area contributed by atoms with Gasteiger partial charge in [-0.1, -0.05) is 0 Å². The first-order valence-electron chi connectivity index (χ1n) is 6.05. The van der Waals surface area contributed by atoms with Crippen LogP contribution in [0.4, 0.5) is 5.69 Å². The number of hydrogen-bond acceptors (Lipinski definition) is 4. The van der Waals surface area contributed by atoms with E-state index < -0.39 is 0 Å². The molecule has 1 aromatic carbocycles. The average Bonchev–Trinajstić information content (AvgIpc) is 2.85. The first-order chi connectivity index (χ1) is 8.58. The molecule has 0 radical (unpaired) electrons. The maximum absolute atomic E-state index is 12.0. The Balaban J connectivity index is 2.04. The summed E-state index contributed by atoms with van der Waals surface area (Å²) in [7, 11) is 0. The average molecular weight is 250 g/mol. The summed E-state index contributed by atoms with van der Waals surface area (Å²) in [6.45, 7) is 3.38. The van der Waals surface area contributed by atoms with Gasteiger partial charge in [0.2, 0.25) is 0 Å². The van der Waals surface area contributed by atoms with Gasteiger partial charge in [-0.15, -0.1) is 0 Å². The third kappa shape index (κ3) is 2.73. The van der Waals surface area contributed by atoms with Gasteiger partial charge in [0, 0.05) is 24.3 Å². The maximum Gasteiger partial charge on any atom is 0.253 e. The summed E-state index contributed by atoms with van der Waals surface area (Å²) in [6.07, 6.45) is 0.955. The summed E-state index contributed by atoms with van der Waals surface area (Å²) in [5.74, 6) is 0.112. The first kappa shape index (κ1) is 12.7. The summed E-state index contributed by atoms with van der Waals surface area (Å²) >= 11 is 0. The number of phenolic OH excluding ortho intramolecular Hbond substituents is 1. The zero-order valence-corrected chi connectivity index (χ0v) is 10.3. The van der Waals surface area contributed by atoms with Gasteiger partial charge < -0.3 is 20.9 Å². The van der Waals surface area contributed by atoms with E-state index in [-0.39, 0.29) is 17.7 Å². The van der Waals surface area contributed by atoms with Crippen molar-refractivity contribution in [2.45, 2.75) is 19.4 Å². The molecule has 0 aliphatic carbocycles. The minimum absolute atomic E-state index is 0.0294. The number of nitrogen functional groups attached to an aromatic ring is 1. The van der Waals surface area contributed by atoms with Crippen molar-refractivity contribution >= 4 is 11.6 Å². The van der Waals surface area contributed by atoms with Gasteiger partial charge in [0.15, 0.2) is 0 Å². The Hall–Kier alpha value is -1.75. The van der Waals surface area contributed by atoms with E-state index in [2.05, 4.69) is 5.32 Å². The van der Waals surface area contributed by atoms with Crippen molar-refractivity contribution in [2.24, 2.45) is 5.92 Å². The third-order valence-corrected chi connectivity index (χ3v) is 3.31. The van der Waals surface area contributed by atoms with Gasteiger partial charge in [0.05, 0.1) is 12.2 Å². The van der Waals surface area contributed by atoms with Gasteiger partial charge in [-0.25, -0.2) is 0 Å². The summed E-state index contributed by atoms with van der Waals surface area (Å²) in [6, 6.07) is 4.39. The number of nitrogens with two attached hydrogens (primary N) is 1. The second kappa shape index (κ2) is 5.27. The molecule has 5 nitrogen and oxygen atoms in total. The van der Waals surface area contributed by atoms with Crippen LogP contribution >= 0.6 is 0 Å². The summed E-state index contributed by atoms with van der Waals surface area (Å²) in [5, 5.41) is 12.3. The van der Waals surface area contributed by atoms with Crippen molar-refractivity contribution < 1.29 is 14.6 Å². The minimum Gasteiger partial charge on any atom is -0.508 e. The molecule has 0 spiro atoms. The van der Waals surface area contributed by atoms with Crippen LogP contribution in [0.5, 0.6) is 5.75 Å². The highest BCUT2D eigenvalue weighted by atomic mass is 16.5. The van der Waals surface area contributed by atoms with E-state index in [1.807, 2.05) is 6.92 Å². The Morgan fingerprint density at radius 3 is 3.06 bits per heavy atom. The fourth-order valence-corrected chi connectivity index (χ4v) is 2.09. The highest BCUT2D eigenvalue weighted by Crippen LogP contribution is 2.20. The molecule has 0 bridgehead atoms. The third-order valence-electron chi connectivity index (χ3n) is 3.31. The number of benzene rings is 1. The molecule has 1 amide bonds. The first-order valence-corrected chi connectivity index (χ1v) is 6.05. The van der Waals surface area contributed by atoms with Crippen molar-refractivity contribution in [3.63, 3.8) is 0 Å². The number of nitrogens with one attached hydrogen (secondary N) is 1. The van der Waals surface area contributed by atoms with Crippen molar-refractivity contribution in [3.05, 3.63) is 23.8 Å². The Labute approximate surface area is 106 Å². The van der Waals surface area contributed by atoms with Gasteiger partial charge in [0.1, 0.15) is 5.75 Å². The standard InChI is InChI=1S/C13H18N2O3/c1-8(9-4-5-18-7-9)15-13(17)11-6-10(16)2-3-12(11)14/h2-3,6,8-9,16H,4-5,7,14H2,1H3,(H,15,17). The number of hydrogen-bond donors (Lipinski definition) is 3. The fraction of sp³-hybridized carbons (Fsp3) is 0.462. The highest BCUT2D eigenvalue weighted by molar-refractivity contribution is 5.99. The molecule has 5 heteroatoms. The van der Waals surface area contributed by atoms with Crippen LogP contribution in [0.1, 0.15) is 23.7 Å². The molecule has 4 N–H and O–H groups in total. The van der Waals surface area contributed by atoms with E-state index in [1.54, 1.807) is 0 Å². The van der Waals surface area contributed by atoms with Gasteiger partial charge in [-0.3, -0.25) is 4.79 Å². The summed E-state index contributed by atoms with van der Waals surface area (Å²) < 4.78 is 5.29. The Morgan fingerprint density at radius 1 is 1.61 bits per heavy atom. The second-order valence-electron chi connectivity index (χ2n) is 4.66. The minimum atomic E-state index is -0.261. The topological polar surface area (TPSA) is 84.6 Å². The number of carbonyl (C=O) groups is 1. The van der Waals surface area contributed by atoms with Crippen LogP contribution in [0.2, 0.25) is 0 Å². The molecule has 18 heavy (non-hydrogen) atoms. The lowest BCUT2D eigenvalue weighted by Crippen LogP contribution is -2.38. The molecule has 2 atom stereocenters. The Bertz CT molecular complexity index is 442. The molecule has 1 saturated heterocycles. The zero-order valence-electron chi connectivity index (χ0n) is 10.3. The molecule has 98 valence electrons. The SMILES string of the molecule is CC(NC(=O)c1cc(O)ccc1N)C1CCOC1. The maximum atomic E-state index is 12.0. The van der Waals surface area contributed by atoms with E-state index in [9.17, 15) is 9.90 Å². The summed E-state index contributed by atoms with van der Waals surface area (Å²) in [4.78, 5) is 12.0. The van der Waals surface area contributed by atoms with Crippen LogP contribution < -0.4 is 11.1 Å². The number of ether oxygens (including phenoxy) is 1. The van der Waals surface area contributed by atoms with Crippen LogP contribution in [0, 0.1) is 5.92 Å². The fourth-order valence-electron chi connectivity index (χ4n) is 2.09.